The third-order valence-electron chi connectivity index (χ3n) is 3.96. The number of likely N-dealkylation sites (tertiary alicyclic amines) is 1. The molecule has 1 N–H and O–H groups in total. The number of aliphatic carboxylic acids is 1. The Morgan fingerprint density at radius 2 is 2.05 bits per heavy atom. The van der Waals surface area contributed by atoms with Crippen LogP contribution in [-0.2, 0) is 4.79 Å². The molecular weight excluding hydrogens is 268 g/mol. The molecule has 0 aromatic heterocycles. The number of urea groups is 1. The van der Waals surface area contributed by atoms with Crippen LogP contribution >= 0.6 is 0 Å². The normalized spacial score (nSPS) is 19.0. The van der Waals surface area contributed by atoms with Gasteiger partial charge in [0.2, 0.25) is 0 Å². The van der Waals surface area contributed by atoms with Crippen LogP contribution in [0, 0.1) is 6.92 Å². The molecule has 1 aliphatic heterocycles. The average molecular weight is 290 g/mol. The molecule has 2 amide bonds. The van der Waals surface area contributed by atoms with Gasteiger partial charge in [0.25, 0.3) is 0 Å². The van der Waals surface area contributed by atoms with Crippen LogP contribution in [0.1, 0.15) is 31.2 Å². The van der Waals surface area contributed by atoms with Gasteiger partial charge in [-0.05, 0) is 37.5 Å². The van der Waals surface area contributed by atoms with E-state index in [9.17, 15) is 14.7 Å². The lowest BCUT2D eigenvalue weighted by atomic mass is 10.1. The maximum Gasteiger partial charge on any atom is 0.326 e. The largest absolute Gasteiger partial charge is 0.480 e. The molecular formula is C16H22N2O3. The van der Waals surface area contributed by atoms with Gasteiger partial charge < -0.3 is 10.0 Å². The number of anilines is 1. The van der Waals surface area contributed by atoms with Crippen LogP contribution in [0.3, 0.4) is 0 Å². The summed E-state index contributed by atoms with van der Waals surface area (Å²) < 4.78 is 0. The highest BCUT2D eigenvalue weighted by Crippen LogP contribution is 2.21. The van der Waals surface area contributed by atoms with Crippen molar-refractivity contribution in [3.63, 3.8) is 0 Å². The van der Waals surface area contributed by atoms with Crippen LogP contribution < -0.4 is 4.90 Å². The average Bonchev–Trinajstić information content (AvgIpc) is 2.71. The molecule has 1 aromatic rings. The first kappa shape index (κ1) is 15.4. The predicted octanol–water partition coefficient (Wildman–Crippen LogP) is 2.88. The smallest absolute Gasteiger partial charge is 0.326 e. The highest BCUT2D eigenvalue weighted by atomic mass is 16.4. The molecule has 1 unspecified atom stereocenters. The lowest BCUT2D eigenvalue weighted by Gasteiger charge is -2.31. The highest BCUT2D eigenvalue weighted by molar-refractivity contribution is 5.94. The molecule has 5 nitrogen and oxygen atoms in total. The molecule has 0 bridgehead atoms. The molecule has 1 fully saturated rings. The fraction of sp³-hybridized carbons (Fsp3) is 0.500. The molecule has 21 heavy (non-hydrogen) atoms. The van der Waals surface area contributed by atoms with Gasteiger partial charge in [-0.2, -0.15) is 0 Å². The Kier molecular flexibility index (Phi) is 4.83. The van der Waals surface area contributed by atoms with Crippen molar-refractivity contribution in [3.8, 4) is 0 Å². The first-order chi connectivity index (χ1) is 10.0. The summed E-state index contributed by atoms with van der Waals surface area (Å²) in [5.41, 5.74) is 1.85. The van der Waals surface area contributed by atoms with E-state index in [4.69, 9.17) is 0 Å². The highest BCUT2D eigenvalue weighted by Gasteiger charge is 2.32. The summed E-state index contributed by atoms with van der Waals surface area (Å²) in [6.45, 7) is 2.47. The van der Waals surface area contributed by atoms with E-state index in [1.165, 1.54) is 9.80 Å². The van der Waals surface area contributed by atoms with Crippen LogP contribution in [0.4, 0.5) is 10.5 Å². The second kappa shape index (κ2) is 6.61. The molecule has 1 heterocycles. The zero-order valence-corrected chi connectivity index (χ0v) is 12.6. The van der Waals surface area contributed by atoms with E-state index >= 15 is 0 Å². The minimum atomic E-state index is -0.914. The second-order valence-electron chi connectivity index (χ2n) is 5.58. The number of nitrogens with zero attached hydrogens (tertiary/aromatic N) is 2. The molecule has 0 radical (unpaired) electrons. The summed E-state index contributed by atoms with van der Waals surface area (Å²) in [6, 6.07) is 6.69. The first-order valence-electron chi connectivity index (χ1n) is 7.34. The van der Waals surface area contributed by atoms with Crippen molar-refractivity contribution in [2.24, 2.45) is 0 Å². The molecule has 5 heteroatoms. The molecule has 1 aromatic carbocycles. The Balaban J connectivity index is 2.21. The molecule has 1 atom stereocenters. The van der Waals surface area contributed by atoms with Gasteiger partial charge in [0.05, 0.1) is 0 Å². The predicted molar refractivity (Wildman–Crippen MR) is 81.6 cm³/mol. The fourth-order valence-electron chi connectivity index (χ4n) is 2.73. The molecule has 0 aliphatic carbocycles. The first-order valence-corrected chi connectivity index (χ1v) is 7.34. The van der Waals surface area contributed by atoms with E-state index in [-0.39, 0.29) is 6.03 Å². The number of carbonyl (C=O) groups is 2. The maximum atomic E-state index is 12.7. The van der Waals surface area contributed by atoms with Gasteiger partial charge in [-0.25, -0.2) is 9.59 Å². The standard InChI is InChI=1S/C16H22N2O3/c1-12-7-6-8-13(11-12)17(2)16(21)18-10-5-3-4-9-14(18)15(19)20/h6-8,11,14H,3-5,9-10H2,1-2H3,(H,19,20). The van der Waals surface area contributed by atoms with Gasteiger partial charge in [-0.3, -0.25) is 4.90 Å². The van der Waals surface area contributed by atoms with Crippen LogP contribution in [0.2, 0.25) is 0 Å². The van der Waals surface area contributed by atoms with E-state index in [1.807, 2.05) is 31.2 Å². The Hall–Kier alpha value is -2.04. The van der Waals surface area contributed by atoms with Gasteiger partial charge in [0.15, 0.2) is 0 Å². The topological polar surface area (TPSA) is 60.9 Å². The van der Waals surface area contributed by atoms with Crippen LogP contribution in [0.15, 0.2) is 24.3 Å². The number of hydrogen-bond donors (Lipinski definition) is 1. The quantitative estimate of drug-likeness (QED) is 0.911. The minimum absolute atomic E-state index is 0.241. The third kappa shape index (κ3) is 3.54. The number of rotatable bonds is 2. The van der Waals surface area contributed by atoms with Crippen molar-refractivity contribution >= 4 is 17.7 Å². The SMILES string of the molecule is Cc1cccc(N(C)C(=O)N2CCCCCC2C(=O)O)c1. The van der Waals surface area contributed by atoms with E-state index in [1.54, 1.807) is 7.05 Å². The number of aryl methyl sites for hydroxylation is 1. The summed E-state index contributed by atoms with van der Waals surface area (Å²) >= 11 is 0. The van der Waals surface area contributed by atoms with Crippen molar-refractivity contribution in [2.45, 2.75) is 38.6 Å². The van der Waals surface area contributed by atoms with Crippen molar-refractivity contribution in [1.29, 1.82) is 0 Å². The Bertz CT molecular complexity index is 530. The van der Waals surface area contributed by atoms with E-state index < -0.39 is 12.0 Å². The molecule has 1 aliphatic rings. The van der Waals surface area contributed by atoms with Crippen molar-refractivity contribution in [3.05, 3.63) is 29.8 Å². The summed E-state index contributed by atoms with van der Waals surface area (Å²) in [5.74, 6) is -0.914. The van der Waals surface area contributed by atoms with Gasteiger partial charge in [0.1, 0.15) is 6.04 Å². The Morgan fingerprint density at radius 1 is 1.29 bits per heavy atom. The zero-order chi connectivity index (χ0) is 15.4. The molecule has 2 rings (SSSR count). The number of amides is 2. The number of hydrogen-bond acceptors (Lipinski definition) is 2. The van der Waals surface area contributed by atoms with Crippen molar-refractivity contribution < 1.29 is 14.7 Å². The monoisotopic (exact) mass is 290 g/mol. The summed E-state index contributed by atoms with van der Waals surface area (Å²) in [5, 5.41) is 9.37. The van der Waals surface area contributed by atoms with Gasteiger partial charge in [-0.1, -0.05) is 25.0 Å². The van der Waals surface area contributed by atoms with Gasteiger partial charge in [-0.15, -0.1) is 0 Å². The number of benzene rings is 1. The van der Waals surface area contributed by atoms with Gasteiger partial charge >= 0.3 is 12.0 Å². The van der Waals surface area contributed by atoms with Crippen molar-refractivity contribution in [1.82, 2.24) is 4.90 Å². The second-order valence-corrected chi connectivity index (χ2v) is 5.58. The maximum absolute atomic E-state index is 12.7. The minimum Gasteiger partial charge on any atom is -0.480 e. The fourth-order valence-corrected chi connectivity index (χ4v) is 2.73. The number of carboxylic acids is 1. The lowest BCUT2D eigenvalue weighted by Crippen LogP contribution is -2.50. The third-order valence-corrected chi connectivity index (χ3v) is 3.96. The lowest BCUT2D eigenvalue weighted by molar-refractivity contribution is -0.142. The Morgan fingerprint density at radius 3 is 2.71 bits per heavy atom. The number of carbonyl (C=O) groups excluding carboxylic acids is 1. The van der Waals surface area contributed by atoms with Crippen molar-refractivity contribution in [2.75, 3.05) is 18.5 Å². The molecule has 114 valence electrons. The summed E-state index contributed by atoms with van der Waals surface area (Å²) in [6.07, 6.45) is 3.22. The van der Waals surface area contributed by atoms with E-state index in [0.717, 1.165) is 30.5 Å². The molecule has 0 saturated carbocycles. The molecule has 1 saturated heterocycles. The zero-order valence-electron chi connectivity index (χ0n) is 12.6. The van der Waals surface area contributed by atoms with E-state index in [0.29, 0.717) is 13.0 Å². The number of carboxylic acid groups (broad SMARTS) is 1. The summed E-state index contributed by atoms with van der Waals surface area (Å²) in [7, 11) is 1.70. The van der Waals surface area contributed by atoms with Crippen LogP contribution in [0.5, 0.6) is 0 Å². The van der Waals surface area contributed by atoms with Gasteiger partial charge in [0, 0.05) is 19.3 Å². The molecule has 0 spiro atoms. The van der Waals surface area contributed by atoms with E-state index in [2.05, 4.69) is 0 Å². The Labute approximate surface area is 125 Å². The van der Waals surface area contributed by atoms with Crippen LogP contribution in [0.25, 0.3) is 0 Å². The summed E-state index contributed by atoms with van der Waals surface area (Å²) in [4.78, 5) is 27.1. The van der Waals surface area contributed by atoms with Crippen LogP contribution in [-0.4, -0.2) is 41.6 Å².